The van der Waals surface area contributed by atoms with Gasteiger partial charge in [0.1, 0.15) is 0 Å². The third kappa shape index (κ3) is 5.56. The van der Waals surface area contributed by atoms with Gasteiger partial charge in [-0.1, -0.05) is 42.0 Å². The third-order valence-electron chi connectivity index (χ3n) is 7.05. The standard InChI is InChI=1S/C30H33N7O3/c1-21(2)15-26(38)35-11-6-12-36(14-13-35)30-33-28(31-17-23-9-10-24-25(16-23)40-20-39-24)27-29(34-30)37(19-32-27)18-22-7-4-3-5-8-22/h3-5,7-10,15-16,19H,6,11-14,17-18,20H2,1-2H3,(H,31,33,34). The molecule has 2 aliphatic heterocycles. The van der Waals surface area contributed by atoms with Gasteiger partial charge >= 0.3 is 0 Å². The van der Waals surface area contributed by atoms with Crippen molar-refractivity contribution in [3.63, 3.8) is 0 Å². The van der Waals surface area contributed by atoms with E-state index in [9.17, 15) is 4.79 Å². The van der Waals surface area contributed by atoms with Crippen LogP contribution in [0.15, 0.2) is 66.5 Å². The number of benzene rings is 2. The predicted octanol–water partition coefficient (Wildman–Crippen LogP) is 4.22. The lowest BCUT2D eigenvalue weighted by atomic mass is 10.2. The zero-order chi connectivity index (χ0) is 27.5. The summed E-state index contributed by atoms with van der Waals surface area (Å²) in [4.78, 5) is 31.4. The number of nitrogens with zero attached hydrogens (tertiary/aromatic N) is 6. The highest BCUT2D eigenvalue weighted by molar-refractivity contribution is 5.88. The van der Waals surface area contributed by atoms with Crippen molar-refractivity contribution in [1.29, 1.82) is 0 Å². The highest BCUT2D eigenvalue weighted by atomic mass is 16.7. The van der Waals surface area contributed by atoms with Crippen LogP contribution in [0, 0.1) is 0 Å². The number of carbonyl (C=O) groups is 1. The van der Waals surface area contributed by atoms with Crippen LogP contribution in [0.5, 0.6) is 11.5 Å². The first-order chi connectivity index (χ1) is 19.5. The second kappa shape index (κ2) is 11.3. The lowest BCUT2D eigenvalue weighted by molar-refractivity contribution is -0.125. The molecule has 1 saturated heterocycles. The number of imidazole rings is 1. The van der Waals surface area contributed by atoms with Crippen LogP contribution in [0.3, 0.4) is 0 Å². The minimum absolute atomic E-state index is 0.0604. The minimum atomic E-state index is 0.0604. The van der Waals surface area contributed by atoms with Gasteiger partial charge in [0.15, 0.2) is 28.5 Å². The third-order valence-corrected chi connectivity index (χ3v) is 7.05. The molecule has 4 heterocycles. The maximum atomic E-state index is 12.7. The van der Waals surface area contributed by atoms with E-state index >= 15 is 0 Å². The van der Waals surface area contributed by atoms with Gasteiger partial charge in [0.25, 0.3) is 0 Å². The number of aromatic nitrogens is 4. The van der Waals surface area contributed by atoms with Crippen molar-refractivity contribution in [3.8, 4) is 11.5 Å². The second-order valence-electron chi connectivity index (χ2n) is 10.3. The van der Waals surface area contributed by atoms with Crippen molar-refractivity contribution < 1.29 is 14.3 Å². The van der Waals surface area contributed by atoms with Crippen molar-refractivity contribution >= 4 is 28.8 Å². The Labute approximate surface area is 233 Å². The Balaban J connectivity index is 1.30. The number of carbonyl (C=O) groups excluding carboxylic acids is 1. The van der Waals surface area contributed by atoms with E-state index < -0.39 is 0 Å². The Morgan fingerprint density at radius 2 is 1.82 bits per heavy atom. The van der Waals surface area contributed by atoms with Gasteiger partial charge in [-0.2, -0.15) is 9.97 Å². The lowest BCUT2D eigenvalue weighted by Gasteiger charge is -2.22. The van der Waals surface area contributed by atoms with E-state index in [1.165, 1.54) is 5.56 Å². The molecule has 0 bridgehead atoms. The first-order valence-electron chi connectivity index (χ1n) is 13.6. The monoisotopic (exact) mass is 539 g/mol. The van der Waals surface area contributed by atoms with Crippen LogP contribution in [-0.4, -0.2) is 63.3 Å². The molecule has 4 aromatic rings. The Hall–Kier alpha value is -4.60. The average molecular weight is 540 g/mol. The Kier molecular flexibility index (Phi) is 7.22. The number of anilines is 2. The average Bonchev–Trinajstić information content (AvgIpc) is 3.51. The summed E-state index contributed by atoms with van der Waals surface area (Å²) < 4.78 is 13.1. The van der Waals surface area contributed by atoms with Gasteiger partial charge < -0.3 is 29.2 Å². The molecule has 10 heteroatoms. The zero-order valence-electron chi connectivity index (χ0n) is 22.8. The maximum Gasteiger partial charge on any atom is 0.246 e. The van der Waals surface area contributed by atoms with Crippen LogP contribution < -0.4 is 19.7 Å². The second-order valence-corrected chi connectivity index (χ2v) is 10.3. The van der Waals surface area contributed by atoms with Crippen LogP contribution in [0.25, 0.3) is 11.2 Å². The summed E-state index contributed by atoms with van der Waals surface area (Å²) >= 11 is 0. The molecule has 2 aromatic heterocycles. The lowest BCUT2D eigenvalue weighted by Crippen LogP contribution is -2.34. The highest BCUT2D eigenvalue weighted by Gasteiger charge is 2.22. The van der Waals surface area contributed by atoms with Crippen LogP contribution >= 0.6 is 0 Å². The van der Waals surface area contributed by atoms with Crippen molar-refractivity contribution in [2.24, 2.45) is 0 Å². The molecule has 0 spiro atoms. The van der Waals surface area contributed by atoms with Gasteiger partial charge in [0.05, 0.1) is 12.9 Å². The molecule has 0 unspecified atom stereocenters. The summed E-state index contributed by atoms with van der Waals surface area (Å²) in [5, 5.41) is 3.49. The van der Waals surface area contributed by atoms with Crippen molar-refractivity contribution in [2.75, 3.05) is 43.2 Å². The summed E-state index contributed by atoms with van der Waals surface area (Å²) in [5.74, 6) is 2.87. The van der Waals surface area contributed by atoms with E-state index in [4.69, 9.17) is 24.4 Å². The van der Waals surface area contributed by atoms with E-state index in [0.717, 1.165) is 46.8 Å². The van der Waals surface area contributed by atoms with Gasteiger partial charge in [0.2, 0.25) is 18.6 Å². The van der Waals surface area contributed by atoms with Crippen LogP contribution in [0.4, 0.5) is 11.8 Å². The molecule has 2 aromatic carbocycles. The number of hydrogen-bond acceptors (Lipinski definition) is 8. The normalized spacial score (nSPS) is 14.8. The molecule has 10 nitrogen and oxygen atoms in total. The fraction of sp³-hybridized carbons (Fsp3) is 0.333. The van der Waals surface area contributed by atoms with Gasteiger partial charge in [-0.15, -0.1) is 0 Å². The molecule has 0 radical (unpaired) electrons. The number of amides is 1. The SMILES string of the molecule is CC(C)=CC(=O)N1CCCN(c2nc(NCc3ccc4c(c3)OCO4)c3ncn(Cc4ccccc4)c3n2)CC1. The predicted molar refractivity (Wildman–Crippen MR) is 154 cm³/mol. The molecular weight excluding hydrogens is 506 g/mol. The van der Waals surface area contributed by atoms with Crippen molar-refractivity contribution in [1.82, 2.24) is 24.4 Å². The molecule has 2 aliphatic rings. The van der Waals surface area contributed by atoms with Gasteiger partial charge in [0, 0.05) is 38.8 Å². The summed E-state index contributed by atoms with van der Waals surface area (Å²) in [6, 6.07) is 16.2. The van der Waals surface area contributed by atoms with Gasteiger partial charge in [-0.25, -0.2) is 4.98 Å². The number of nitrogens with one attached hydrogen (secondary N) is 1. The number of ether oxygens (including phenoxy) is 2. The van der Waals surface area contributed by atoms with Crippen LogP contribution in [0.2, 0.25) is 0 Å². The molecule has 0 saturated carbocycles. The molecule has 1 amide bonds. The molecule has 1 N–H and O–H groups in total. The summed E-state index contributed by atoms with van der Waals surface area (Å²) in [6.45, 7) is 8.08. The first kappa shape index (κ1) is 25.7. The molecule has 40 heavy (non-hydrogen) atoms. The summed E-state index contributed by atoms with van der Waals surface area (Å²) in [6.07, 6.45) is 4.37. The Bertz CT molecular complexity index is 1550. The molecule has 6 rings (SSSR count). The maximum absolute atomic E-state index is 12.7. The van der Waals surface area contributed by atoms with Crippen LogP contribution in [-0.2, 0) is 17.9 Å². The highest BCUT2D eigenvalue weighted by Crippen LogP contribution is 2.33. The van der Waals surface area contributed by atoms with Gasteiger partial charge in [-0.3, -0.25) is 4.79 Å². The van der Waals surface area contributed by atoms with Crippen molar-refractivity contribution in [2.45, 2.75) is 33.4 Å². The number of fused-ring (bicyclic) bond motifs is 2. The molecule has 1 fully saturated rings. The summed E-state index contributed by atoms with van der Waals surface area (Å²) in [5.41, 5.74) is 4.70. The van der Waals surface area contributed by atoms with Crippen molar-refractivity contribution in [3.05, 3.63) is 77.6 Å². The summed E-state index contributed by atoms with van der Waals surface area (Å²) in [7, 11) is 0. The van der Waals surface area contributed by atoms with E-state index in [0.29, 0.717) is 44.5 Å². The number of allylic oxidation sites excluding steroid dienone is 1. The quantitative estimate of drug-likeness (QED) is 0.349. The Morgan fingerprint density at radius 1 is 0.975 bits per heavy atom. The largest absolute Gasteiger partial charge is 0.454 e. The fourth-order valence-corrected chi connectivity index (χ4v) is 5.01. The number of rotatable bonds is 7. The number of hydrogen-bond donors (Lipinski definition) is 1. The van der Waals surface area contributed by atoms with E-state index in [-0.39, 0.29) is 12.7 Å². The topological polar surface area (TPSA) is 97.6 Å². The molecular formula is C30H33N7O3. The smallest absolute Gasteiger partial charge is 0.246 e. The Morgan fingerprint density at radius 3 is 2.67 bits per heavy atom. The van der Waals surface area contributed by atoms with Gasteiger partial charge in [-0.05, 0) is 43.5 Å². The first-order valence-corrected chi connectivity index (χ1v) is 13.6. The molecule has 0 aliphatic carbocycles. The van der Waals surface area contributed by atoms with E-state index in [1.807, 2.05) is 61.5 Å². The zero-order valence-corrected chi connectivity index (χ0v) is 22.8. The molecule has 0 atom stereocenters. The van der Waals surface area contributed by atoms with E-state index in [1.54, 1.807) is 6.08 Å². The van der Waals surface area contributed by atoms with E-state index in [2.05, 4.69) is 26.9 Å². The molecule has 206 valence electrons. The van der Waals surface area contributed by atoms with Crippen LogP contribution in [0.1, 0.15) is 31.4 Å². The minimum Gasteiger partial charge on any atom is -0.454 e. The fourth-order valence-electron chi connectivity index (χ4n) is 5.01.